The maximum Gasteiger partial charge on any atom is 0.303 e. The summed E-state index contributed by atoms with van der Waals surface area (Å²) in [7, 11) is 5.78. The number of amides is 6. The molecule has 0 spiro atoms. The summed E-state index contributed by atoms with van der Waals surface area (Å²) >= 11 is 0. The average Bonchev–Trinajstić information content (AvgIpc) is 3.34. The number of hydrogen-bond acceptors (Lipinski definition) is 13. The zero-order valence-corrected chi connectivity index (χ0v) is 36.6. The fourth-order valence-electron chi connectivity index (χ4n) is 4.46. The van der Waals surface area contributed by atoms with E-state index in [1.807, 2.05) is 69.2 Å². The van der Waals surface area contributed by atoms with Crippen LogP contribution in [0.15, 0.2) is 12.2 Å². The van der Waals surface area contributed by atoms with Crippen LogP contribution in [-0.4, -0.2) is 121 Å². The molecule has 19 heteroatoms. The standard InChI is InChI=1S/C35H60N6O9S4/c1-21(37-29(47)22(19-51-53-32(2,3)4)39-31(49)24(18-36)41-25(42)12-13-26(41)43)28(46)38-23(20-52-54-33(5,6)7)30(48)40-34(8,9)16-17-50-35(10,11)15-14-27(44)45/h12-13,21-24H,14-20,36H2,1-11H3,(H,37,47)(H,38,46)(H,39,49)(H,40,48)(H,44,45). The second-order valence-electron chi connectivity index (χ2n) is 16.1. The van der Waals surface area contributed by atoms with Gasteiger partial charge in [-0.2, -0.15) is 0 Å². The number of rotatable bonds is 23. The molecule has 0 saturated heterocycles. The van der Waals surface area contributed by atoms with E-state index >= 15 is 0 Å². The fourth-order valence-corrected chi connectivity index (χ4v) is 9.39. The Morgan fingerprint density at radius 1 is 0.759 bits per heavy atom. The van der Waals surface area contributed by atoms with Gasteiger partial charge in [-0.15, -0.1) is 0 Å². The highest BCUT2D eigenvalue weighted by Crippen LogP contribution is 2.36. The van der Waals surface area contributed by atoms with Gasteiger partial charge in [-0.1, -0.05) is 84.7 Å². The second-order valence-corrected chi connectivity index (χ2v) is 22.4. The molecule has 1 aliphatic heterocycles. The molecule has 1 rings (SSSR count). The lowest BCUT2D eigenvalue weighted by Gasteiger charge is -2.32. The number of nitrogens with zero attached hydrogens (tertiary/aromatic N) is 1. The molecular formula is C35H60N6O9S4. The first-order valence-electron chi connectivity index (χ1n) is 17.6. The van der Waals surface area contributed by atoms with Crippen molar-refractivity contribution < 1.29 is 43.4 Å². The van der Waals surface area contributed by atoms with Crippen LogP contribution in [0, 0.1) is 0 Å². The van der Waals surface area contributed by atoms with Gasteiger partial charge in [-0.05, 0) is 47.5 Å². The van der Waals surface area contributed by atoms with Gasteiger partial charge < -0.3 is 36.8 Å². The molecule has 0 aromatic carbocycles. The van der Waals surface area contributed by atoms with Gasteiger partial charge >= 0.3 is 5.97 Å². The molecule has 15 nitrogen and oxygen atoms in total. The third kappa shape index (κ3) is 19.4. The molecule has 1 aliphatic rings. The Labute approximate surface area is 335 Å². The minimum Gasteiger partial charge on any atom is -0.481 e. The number of aliphatic carboxylic acids is 1. The van der Waals surface area contributed by atoms with Crippen LogP contribution < -0.4 is 27.0 Å². The molecule has 0 aromatic rings. The van der Waals surface area contributed by atoms with E-state index in [1.54, 1.807) is 10.8 Å². The number of nitrogens with two attached hydrogens (primary N) is 1. The number of imide groups is 1. The zero-order chi connectivity index (χ0) is 41.7. The molecule has 308 valence electrons. The smallest absolute Gasteiger partial charge is 0.303 e. The summed E-state index contributed by atoms with van der Waals surface area (Å²) in [5, 5.41) is 20.0. The third-order valence-corrected chi connectivity index (χ3v) is 14.1. The van der Waals surface area contributed by atoms with E-state index < -0.39 is 76.7 Å². The van der Waals surface area contributed by atoms with E-state index in [2.05, 4.69) is 21.3 Å². The predicted molar refractivity (Wildman–Crippen MR) is 219 cm³/mol. The van der Waals surface area contributed by atoms with Crippen molar-refractivity contribution in [3.63, 3.8) is 0 Å². The minimum atomic E-state index is -1.35. The van der Waals surface area contributed by atoms with Gasteiger partial charge in [0, 0.05) is 58.3 Å². The van der Waals surface area contributed by atoms with Gasteiger partial charge in [-0.25, -0.2) is 0 Å². The molecule has 1 heterocycles. The Bertz CT molecular complexity index is 1360. The first-order valence-corrected chi connectivity index (χ1v) is 22.3. The summed E-state index contributed by atoms with van der Waals surface area (Å²) in [6, 6.07) is -4.62. The molecule has 6 amide bonds. The molecule has 0 fully saturated rings. The van der Waals surface area contributed by atoms with Gasteiger partial charge in [0.25, 0.3) is 11.8 Å². The first-order chi connectivity index (χ1) is 24.7. The molecule has 7 N–H and O–H groups in total. The SMILES string of the molecule is CC(NC(=O)C(CSSC(C)(C)C)NC(=O)C(CN)N1C(=O)C=CC1=O)C(=O)NC(CSSC(C)(C)C)C(=O)NC(C)(C)CCOC(C)(C)CCC(=O)O. The summed E-state index contributed by atoms with van der Waals surface area (Å²) in [5.74, 6) is -4.55. The van der Waals surface area contributed by atoms with Crippen molar-refractivity contribution in [2.75, 3.05) is 24.7 Å². The highest BCUT2D eigenvalue weighted by Gasteiger charge is 2.37. The van der Waals surface area contributed by atoms with Gasteiger partial charge in [-0.3, -0.25) is 38.5 Å². The molecular weight excluding hydrogens is 777 g/mol. The van der Waals surface area contributed by atoms with E-state index in [9.17, 15) is 33.6 Å². The first kappa shape index (κ1) is 49.6. The van der Waals surface area contributed by atoms with Crippen molar-refractivity contribution in [3.8, 4) is 0 Å². The Morgan fingerprint density at radius 3 is 1.70 bits per heavy atom. The Hall–Kier alpha value is -2.45. The monoisotopic (exact) mass is 836 g/mol. The van der Waals surface area contributed by atoms with Gasteiger partial charge in [0.15, 0.2) is 0 Å². The van der Waals surface area contributed by atoms with Crippen LogP contribution in [0.5, 0.6) is 0 Å². The van der Waals surface area contributed by atoms with Crippen molar-refractivity contribution >= 4 is 84.6 Å². The maximum absolute atomic E-state index is 13.6. The van der Waals surface area contributed by atoms with Crippen LogP contribution in [0.4, 0.5) is 0 Å². The maximum atomic E-state index is 13.6. The van der Waals surface area contributed by atoms with Crippen LogP contribution in [0.2, 0.25) is 0 Å². The van der Waals surface area contributed by atoms with Crippen molar-refractivity contribution in [2.24, 2.45) is 5.73 Å². The van der Waals surface area contributed by atoms with Gasteiger partial charge in [0.1, 0.15) is 24.2 Å². The van der Waals surface area contributed by atoms with E-state index in [1.165, 1.54) is 39.3 Å². The van der Waals surface area contributed by atoms with Crippen LogP contribution in [-0.2, 0) is 38.3 Å². The molecule has 0 aliphatic carbocycles. The summed E-state index contributed by atoms with van der Waals surface area (Å²) in [5.41, 5.74) is 4.36. The summed E-state index contributed by atoms with van der Waals surface area (Å²) in [6.07, 6.45) is 2.78. The third-order valence-electron chi connectivity index (χ3n) is 7.41. The molecule has 4 atom stereocenters. The van der Waals surface area contributed by atoms with Crippen LogP contribution in [0.1, 0.15) is 95.4 Å². The molecule has 0 radical (unpaired) electrons. The number of nitrogens with one attached hydrogen (secondary N) is 4. The fraction of sp³-hybridized carbons (Fsp3) is 0.743. The topological polar surface area (TPSA) is 226 Å². The number of hydrogen-bond donors (Lipinski definition) is 6. The molecule has 0 aromatic heterocycles. The number of carboxylic acids is 1. The Morgan fingerprint density at radius 2 is 1.24 bits per heavy atom. The second kappa shape index (κ2) is 21.7. The van der Waals surface area contributed by atoms with Crippen LogP contribution >= 0.6 is 43.2 Å². The van der Waals surface area contributed by atoms with E-state index in [0.29, 0.717) is 12.8 Å². The van der Waals surface area contributed by atoms with E-state index in [-0.39, 0.29) is 40.6 Å². The summed E-state index contributed by atoms with van der Waals surface area (Å²) in [6.45, 7) is 20.6. The molecule has 4 unspecified atom stereocenters. The lowest BCUT2D eigenvalue weighted by Crippen LogP contribution is -2.60. The average molecular weight is 837 g/mol. The van der Waals surface area contributed by atoms with Gasteiger partial charge in [0.05, 0.1) is 5.60 Å². The molecule has 54 heavy (non-hydrogen) atoms. The Kier molecular flexibility index (Phi) is 20.0. The number of carbonyl (C=O) groups excluding carboxylic acids is 6. The van der Waals surface area contributed by atoms with Crippen molar-refractivity contribution in [1.29, 1.82) is 0 Å². The van der Waals surface area contributed by atoms with Crippen molar-refractivity contribution in [3.05, 3.63) is 12.2 Å². The lowest BCUT2D eigenvalue weighted by molar-refractivity contribution is -0.145. The van der Waals surface area contributed by atoms with Crippen molar-refractivity contribution in [1.82, 2.24) is 26.2 Å². The highest BCUT2D eigenvalue weighted by atomic mass is 33.1. The minimum absolute atomic E-state index is 0.0299. The van der Waals surface area contributed by atoms with Gasteiger partial charge in [0.2, 0.25) is 23.6 Å². The summed E-state index contributed by atoms with van der Waals surface area (Å²) in [4.78, 5) is 90.3. The molecule has 0 saturated carbocycles. The number of carboxylic acid groups (broad SMARTS) is 1. The largest absolute Gasteiger partial charge is 0.481 e. The lowest BCUT2D eigenvalue weighted by atomic mass is 9.99. The Balaban J connectivity index is 3.08. The quantitative estimate of drug-likeness (QED) is 0.0643. The molecule has 0 bridgehead atoms. The predicted octanol–water partition coefficient (Wildman–Crippen LogP) is 3.02. The normalized spacial score (nSPS) is 16.0. The van der Waals surface area contributed by atoms with Crippen molar-refractivity contribution in [2.45, 2.75) is 140 Å². The van der Waals surface area contributed by atoms with E-state index in [4.69, 9.17) is 15.6 Å². The van der Waals surface area contributed by atoms with Crippen LogP contribution in [0.3, 0.4) is 0 Å². The van der Waals surface area contributed by atoms with E-state index in [0.717, 1.165) is 17.1 Å². The highest BCUT2D eigenvalue weighted by molar-refractivity contribution is 8.77. The zero-order valence-electron chi connectivity index (χ0n) is 33.3. The number of ether oxygens (including phenoxy) is 1. The summed E-state index contributed by atoms with van der Waals surface area (Å²) < 4.78 is 5.62. The number of carbonyl (C=O) groups is 7. The van der Waals surface area contributed by atoms with Crippen LogP contribution in [0.25, 0.3) is 0 Å².